The van der Waals surface area contributed by atoms with Crippen molar-refractivity contribution in [2.75, 3.05) is 19.8 Å². The Hall–Kier alpha value is -2.97. The van der Waals surface area contributed by atoms with E-state index in [-0.39, 0.29) is 17.4 Å². The summed E-state index contributed by atoms with van der Waals surface area (Å²) in [5, 5.41) is 0. The molecule has 1 fully saturated rings. The Bertz CT molecular complexity index is 1040. The van der Waals surface area contributed by atoms with Crippen LogP contribution in [0.3, 0.4) is 0 Å². The van der Waals surface area contributed by atoms with E-state index in [4.69, 9.17) is 18.6 Å². The first kappa shape index (κ1) is 21.3. The van der Waals surface area contributed by atoms with Gasteiger partial charge in [-0.25, -0.2) is 9.97 Å². The number of ether oxygens (including phenoxy) is 3. The molecule has 1 saturated carbocycles. The second-order valence-corrected chi connectivity index (χ2v) is 8.03. The van der Waals surface area contributed by atoms with E-state index < -0.39 is 12.8 Å². The van der Waals surface area contributed by atoms with E-state index in [0.717, 1.165) is 12.8 Å². The molecule has 0 N–H and O–H groups in total. The molecule has 9 heteroatoms. The maximum atomic E-state index is 12.7. The Labute approximate surface area is 177 Å². The SMILES string of the molecule is CC(C)COc1cc2oc(-c3ccc(OCC4CC4)c(OCC(F)(F)F)c3)nc2cn1. The van der Waals surface area contributed by atoms with Crippen LogP contribution in [0.2, 0.25) is 0 Å². The van der Waals surface area contributed by atoms with E-state index in [1.807, 2.05) is 13.8 Å². The fourth-order valence-electron chi connectivity index (χ4n) is 2.79. The van der Waals surface area contributed by atoms with Crippen molar-refractivity contribution >= 4 is 11.1 Å². The summed E-state index contributed by atoms with van der Waals surface area (Å²) < 4.78 is 60.2. The van der Waals surface area contributed by atoms with Crippen LogP contribution in [-0.2, 0) is 0 Å². The summed E-state index contributed by atoms with van der Waals surface area (Å²) in [6, 6.07) is 6.34. The van der Waals surface area contributed by atoms with E-state index in [1.165, 1.54) is 12.3 Å². The third kappa shape index (κ3) is 5.80. The number of hydrogen-bond donors (Lipinski definition) is 0. The van der Waals surface area contributed by atoms with Crippen LogP contribution in [0.25, 0.3) is 22.6 Å². The average Bonchev–Trinajstić information content (AvgIpc) is 3.45. The molecule has 166 valence electrons. The summed E-state index contributed by atoms with van der Waals surface area (Å²) in [5.74, 6) is 1.72. The number of benzene rings is 1. The first-order valence-electron chi connectivity index (χ1n) is 10.1. The van der Waals surface area contributed by atoms with E-state index in [1.54, 1.807) is 18.2 Å². The number of pyridine rings is 1. The van der Waals surface area contributed by atoms with E-state index in [0.29, 0.717) is 47.6 Å². The van der Waals surface area contributed by atoms with Gasteiger partial charge in [0.25, 0.3) is 0 Å². The van der Waals surface area contributed by atoms with Gasteiger partial charge in [0.15, 0.2) is 23.7 Å². The van der Waals surface area contributed by atoms with Crippen molar-refractivity contribution in [1.29, 1.82) is 0 Å². The Morgan fingerprint density at radius 3 is 2.61 bits per heavy atom. The zero-order chi connectivity index (χ0) is 22.0. The smallest absolute Gasteiger partial charge is 0.422 e. The monoisotopic (exact) mass is 436 g/mol. The second kappa shape index (κ2) is 8.64. The van der Waals surface area contributed by atoms with Gasteiger partial charge < -0.3 is 18.6 Å². The van der Waals surface area contributed by atoms with Crippen LogP contribution in [0.4, 0.5) is 13.2 Å². The number of fused-ring (bicyclic) bond motifs is 1. The van der Waals surface area contributed by atoms with Crippen molar-refractivity contribution < 1.29 is 31.8 Å². The summed E-state index contributed by atoms with van der Waals surface area (Å²) in [7, 11) is 0. The highest BCUT2D eigenvalue weighted by atomic mass is 19.4. The Morgan fingerprint density at radius 2 is 1.90 bits per heavy atom. The lowest BCUT2D eigenvalue weighted by Crippen LogP contribution is -2.19. The summed E-state index contributed by atoms with van der Waals surface area (Å²) in [6.07, 6.45) is -0.793. The molecule has 0 radical (unpaired) electrons. The van der Waals surface area contributed by atoms with Gasteiger partial charge in [0, 0.05) is 11.6 Å². The highest BCUT2D eigenvalue weighted by Crippen LogP contribution is 2.37. The van der Waals surface area contributed by atoms with E-state index in [2.05, 4.69) is 9.97 Å². The molecule has 1 aliphatic carbocycles. The van der Waals surface area contributed by atoms with Crippen molar-refractivity contribution in [3.8, 4) is 28.8 Å². The first-order chi connectivity index (χ1) is 14.8. The van der Waals surface area contributed by atoms with Crippen molar-refractivity contribution in [2.24, 2.45) is 11.8 Å². The van der Waals surface area contributed by atoms with Crippen molar-refractivity contribution in [3.63, 3.8) is 0 Å². The van der Waals surface area contributed by atoms with Crippen LogP contribution in [0.1, 0.15) is 26.7 Å². The molecular weight excluding hydrogens is 413 g/mol. The van der Waals surface area contributed by atoms with Crippen LogP contribution in [-0.4, -0.2) is 36.0 Å². The van der Waals surface area contributed by atoms with E-state index >= 15 is 0 Å². The van der Waals surface area contributed by atoms with Crippen LogP contribution >= 0.6 is 0 Å². The third-order valence-corrected chi connectivity index (χ3v) is 4.57. The maximum Gasteiger partial charge on any atom is 0.422 e. The average molecular weight is 436 g/mol. The number of aromatic nitrogens is 2. The highest BCUT2D eigenvalue weighted by molar-refractivity contribution is 5.76. The maximum absolute atomic E-state index is 12.7. The molecule has 3 aromatic rings. The quantitative estimate of drug-likeness (QED) is 0.432. The normalized spacial score (nSPS) is 14.3. The standard InChI is InChI=1S/C22H23F3N2O4/c1-13(2)10-29-20-8-18-16(9-26-20)27-21(31-18)15-5-6-17(28-11-14-3-4-14)19(7-15)30-12-22(23,24)25/h5-9,13-14H,3-4,10-12H2,1-2H3. The number of oxazole rings is 1. The Morgan fingerprint density at radius 1 is 1.10 bits per heavy atom. The van der Waals surface area contributed by atoms with Gasteiger partial charge in [0.05, 0.1) is 19.4 Å². The molecule has 0 bridgehead atoms. The molecule has 0 unspecified atom stereocenters. The molecular formula is C22H23F3N2O4. The fraction of sp³-hybridized carbons (Fsp3) is 0.455. The highest BCUT2D eigenvalue weighted by Gasteiger charge is 2.29. The minimum absolute atomic E-state index is 0.00295. The lowest BCUT2D eigenvalue weighted by molar-refractivity contribution is -0.153. The van der Waals surface area contributed by atoms with Crippen LogP contribution < -0.4 is 14.2 Å². The summed E-state index contributed by atoms with van der Waals surface area (Å²) in [6.45, 7) is 3.62. The van der Waals surface area contributed by atoms with Crippen molar-refractivity contribution in [3.05, 3.63) is 30.5 Å². The van der Waals surface area contributed by atoms with Gasteiger partial charge in [-0.1, -0.05) is 13.8 Å². The molecule has 1 aromatic carbocycles. The lowest BCUT2D eigenvalue weighted by atomic mass is 10.2. The number of alkyl halides is 3. The number of rotatable bonds is 9. The first-order valence-corrected chi connectivity index (χ1v) is 10.1. The molecule has 4 rings (SSSR count). The van der Waals surface area contributed by atoms with Gasteiger partial charge in [0.2, 0.25) is 11.8 Å². The van der Waals surface area contributed by atoms with Gasteiger partial charge >= 0.3 is 6.18 Å². The molecule has 2 aromatic heterocycles. The number of hydrogen-bond acceptors (Lipinski definition) is 6. The fourth-order valence-corrected chi connectivity index (χ4v) is 2.79. The van der Waals surface area contributed by atoms with Crippen molar-refractivity contribution in [1.82, 2.24) is 9.97 Å². The lowest BCUT2D eigenvalue weighted by Gasteiger charge is -2.14. The van der Waals surface area contributed by atoms with Gasteiger partial charge in [-0.2, -0.15) is 13.2 Å². The third-order valence-electron chi connectivity index (χ3n) is 4.57. The Balaban J connectivity index is 1.58. The second-order valence-electron chi connectivity index (χ2n) is 8.03. The molecule has 2 heterocycles. The molecule has 6 nitrogen and oxygen atoms in total. The largest absolute Gasteiger partial charge is 0.489 e. The topological polar surface area (TPSA) is 66.6 Å². The summed E-state index contributed by atoms with van der Waals surface area (Å²) >= 11 is 0. The van der Waals surface area contributed by atoms with E-state index in [9.17, 15) is 13.2 Å². The summed E-state index contributed by atoms with van der Waals surface area (Å²) in [5.41, 5.74) is 1.45. The van der Waals surface area contributed by atoms with Crippen LogP contribution in [0.5, 0.6) is 17.4 Å². The van der Waals surface area contributed by atoms with Crippen LogP contribution in [0.15, 0.2) is 34.9 Å². The van der Waals surface area contributed by atoms with Gasteiger partial charge in [0.1, 0.15) is 5.52 Å². The minimum Gasteiger partial charge on any atom is -0.489 e. The zero-order valence-electron chi connectivity index (χ0n) is 17.2. The molecule has 0 atom stereocenters. The van der Waals surface area contributed by atoms with Gasteiger partial charge in [-0.05, 0) is 42.9 Å². The minimum atomic E-state index is -4.46. The predicted octanol–water partition coefficient (Wildman–Crippen LogP) is 5.65. The number of halogens is 3. The molecule has 0 spiro atoms. The predicted molar refractivity (Wildman–Crippen MR) is 107 cm³/mol. The molecule has 0 amide bonds. The molecule has 0 saturated heterocycles. The molecule has 31 heavy (non-hydrogen) atoms. The number of nitrogens with zero attached hydrogens (tertiary/aromatic N) is 2. The zero-order valence-corrected chi connectivity index (χ0v) is 17.2. The van der Waals surface area contributed by atoms with Gasteiger partial charge in [-0.15, -0.1) is 0 Å². The Kier molecular flexibility index (Phi) is 5.93. The summed E-state index contributed by atoms with van der Waals surface area (Å²) in [4.78, 5) is 8.59. The van der Waals surface area contributed by atoms with Crippen molar-refractivity contribution in [2.45, 2.75) is 32.9 Å². The molecule has 1 aliphatic rings. The van der Waals surface area contributed by atoms with Gasteiger partial charge in [-0.3, -0.25) is 0 Å². The van der Waals surface area contributed by atoms with Crippen LogP contribution in [0, 0.1) is 11.8 Å². The molecule has 0 aliphatic heterocycles.